The van der Waals surface area contributed by atoms with Crippen molar-refractivity contribution < 1.29 is 4.79 Å². The number of aryl methyl sites for hydroxylation is 1. The zero-order valence-corrected chi connectivity index (χ0v) is 15.7. The molecule has 0 saturated carbocycles. The fourth-order valence-corrected chi connectivity index (χ4v) is 4.06. The van der Waals surface area contributed by atoms with E-state index in [0.717, 1.165) is 10.2 Å². The van der Waals surface area contributed by atoms with Gasteiger partial charge in [0.25, 0.3) is 5.56 Å². The predicted octanol–water partition coefficient (Wildman–Crippen LogP) is 2.26. The van der Waals surface area contributed by atoms with E-state index in [1.165, 1.54) is 9.44 Å². The van der Waals surface area contributed by atoms with E-state index in [0.29, 0.717) is 17.4 Å². The van der Waals surface area contributed by atoms with Crippen LogP contribution in [0.4, 0.5) is 0 Å². The lowest BCUT2D eigenvalue weighted by Gasteiger charge is -2.09. The second-order valence-corrected chi connectivity index (χ2v) is 8.03. The first-order valence-electron chi connectivity index (χ1n) is 7.77. The van der Waals surface area contributed by atoms with Crippen molar-refractivity contribution in [1.82, 2.24) is 14.9 Å². The Morgan fingerprint density at radius 2 is 2.00 bits per heavy atom. The average molecular weight is 422 g/mol. The molecule has 3 rings (SSSR count). The van der Waals surface area contributed by atoms with E-state index < -0.39 is 11.2 Å². The molecular weight excluding hydrogens is 406 g/mol. The maximum absolute atomic E-state index is 12.0. The molecule has 0 aliphatic rings. The van der Waals surface area contributed by atoms with Gasteiger partial charge in [0.05, 0.1) is 14.7 Å². The van der Waals surface area contributed by atoms with Crippen LogP contribution >= 0.6 is 27.3 Å². The van der Waals surface area contributed by atoms with Crippen LogP contribution in [0.3, 0.4) is 0 Å². The molecule has 0 aliphatic carbocycles. The molecule has 0 aliphatic heterocycles. The monoisotopic (exact) mass is 421 g/mol. The number of amides is 1. The Kier molecular flexibility index (Phi) is 5.50. The third kappa shape index (κ3) is 4.26. The molecule has 0 bridgehead atoms. The van der Waals surface area contributed by atoms with Crippen LogP contribution in [0.25, 0.3) is 10.9 Å². The van der Waals surface area contributed by atoms with Gasteiger partial charge >= 0.3 is 5.69 Å². The van der Waals surface area contributed by atoms with Crippen molar-refractivity contribution in [1.29, 1.82) is 0 Å². The number of para-hydroxylation sites is 1. The van der Waals surface area contributed by atoms with Gasteiger partial charge in [-0.3, -0.25) is 19.1 Å². The Morgan fingerprint density at radius 3 is 2.76 bits per heavy atom. The number of H-pyrrole nitrogens is 1. The number of carbonyl (C=O) groups excluding carboxylic acids is 1. The molecule has 1 amide bonds. The molecule has 2 aromatic heterocycles. The Labute approximate surface area is 155 Å². The molecule has 1 aromatic carbocycles. The number of aromatic nitrogens is 2. The number of hydrogen-bond donors (Lipinski definition) is 2. The molecule has 0 fully saturated rings. The molecule has 25 heavy (non-hydrogen) atoms. The molecular formula is C17H16BrN3O3S. The van der Waals surface area contributed by atoms with Gasteiger partial charge in [-0.05, 0) is 46.6 Å². The van der Waals surface area contributed by atoms with Gasteiger partial charge < -0.3 is 5.32 Å². The summed E-state index contributed by atoms with van der Waals surface area (Å²) in [6, 6.07) is 10.9. The number of fused-ring (bicyclic) bond motifs is 1. The van der Waals surface area contributed by atoms with Gasteiger partial charge in [0, 0.05) is 24.4 Å². The lowest BCUT2D eigenvalue weighted by atomic mass is 10.2. The molecule has 2 N–H and O–H groups in total. The van der Waals surface area contributed by atoms with Crippen molar-refractivity contribution in [2.24, 2.45) is 0 Å². The summed E-state index contributed by atoms with van der Waals surface area (Å²) in [5.74, 6) is -0.127. The fourth-order valence-electron chi connectivity index (χ4n) is 2.58. The number of halogens is 1. The summed E-state index contributed by atoms with van der Waals surface area (Å²) in [5, 5.41) is 3.29. The van der Waals surface area contributed by atoms with Crippen LogP contribution in [0, 0.1) is 0 Å². The van der Waals surface area contributed by atoms with Gasteiger partial charge in [0.15, 0.2) is 0 Å². The number of carbonyl (C=O) groups is 1. The summed E-state index contributed by atoms with van der Waals surface area (Å²) in [4.78, 5) is 39.4. The maximum atomic E-state index is 12.0. The Hall–Kier alpha value is -2.19. The first-order chi connectivity index (χ1) is 12.0. The number of hydrogen-bond acceptors (Lipinski definition) is 4. The number of nitrogens with one attached hydrogen (secondary N) is 2. The van der Waals surface area contributed by atoms with Crippen LogP contribution in [-0.4, -0.2) is 22.0 Å². The van der Waals surface area contributed by atoms with Crippen molar-refractivity contribution >= 4 is 44.1 Å². The Balaban J connectivity index is 1.61. The second-order valence-electron chi connectivity index (χ2n) is 5.48. The van der Waals surface area contributed by atoms with Crippen molar-refractivity contribution in [3.63, 3.8) is 0 Å². The zero-order chi connectivity index (χ0) is 17.8. The molecule has 0 unspecified atom stereocenters. The SMILES string of the molecule is O=C(CCn1c(=O)[nH]c(=O)c2ccccc21)NCCc1ccc(Br)s1. The van der Waals surface area contributed by atoms with Gasteiger partial charge in [-0.1, -0.05) is 12.1 Å². The highest BCUT2D eigenvalue weighted by Crippen LogP contribution is 2.22. The quantitative estimate of drug-likeness (QED) is 0.639. The van der Waals surface area contributed by atoms with E-state index in [2.05, 4.69) is 26.2 Å². The van der Waals surface area contributed by atoms with Crippen LogP contribution in [0.5, 0.6) is 0 Å². The average Bonchev–Trinajstić information content (AvgIpc) is 3.00. The van der Waals surface area contributed by atoms with Crippen LogP contribution in [0.1, 0.15) is 11.3 Å². The topological polar surface area (TPSA) is 84.0 Å². The highest BCUT2D eigenvalue weighted by Gasteiger charge is 2.09. The van der Waals surface area contributed by atoms with Crippen LogP contribution in [0.2, 0.25) is 0 Å². The first-order valence-corrected chi connectivity index (χ1v) is 9.38. The summed E-state index contributed by atoms with van der Waals surface area (Å²) in [7, 11) is 0. The molecule has 130 valence electrons. The lowest BCUT2D eigenvalue weighted by Crippen LogP contribution is -2.33. The highest BCUT2D eigenvalue weighted by molar-refractivity contribution is 9.11. The van der Waals surface area contributed by atoms with Crippen LogP contribution < -0.4 is 16.6 Å². The van der Waals surface area contributed by atoms with Gasteiger partial charge in [0.1, 0.15) is 0 Å². The molecule has 0 atom stereocenters. The molecule has 0 spiro atoms. The van der Waals surface area contributed by atoms with Gasteiger partial charge in [0.2, 0.25) is 5.91 Å². The minimum absolute atomic E-state index is 0.127. The van der Waals surface area contributed by atoms with E-state index in [4.69, 9.17) is 0 Å². The summed E-state index contributed by atoms with van der Waals surface area (Å²) in [5.41, 5.74) is -0.379. The Bertz CT molecular complexity index is 1020. The number of benzene rings is 1. The number of rotatable bonds is 6. The molecule has 0 radical (unpaired) electrons. The van der Waals surface area contributed by atoms with E-state index >= 15 is 0 Å². The number of nitrogens with zero attached hydrogens (tertiary/aromatic N) is 1. The molecule has 0 saturated heterocycles. The van der Waals surface area contributed by atoms with E-state index in [1.54, 1.807) is 35.6 Å². The normalized spacial score (nSPS) is 10.9. The molecule has 6 nitrogen and oxygen atoms in total. The van der Waals surface area contributed by atoms with Crippen molar-refractivity contribution in [3.8, 4) is 0 Å². The van der Waals surface area contributed by atoms with Gasteiger partial charge in [-0.15, -0.1) is 11.3 Å². The molecule has 3 aromatic rings. The van der Waals surface area contributed by atoms with Crippen molar-refractivity contribution in [2.45, 2.75) is 19.4 Å². The molecule has 2 heterocycles. The number of thiophene rings is 1. The largest absolute Gasteiger partial charge is 0.356 e. The third-order valence-corrected chi connectivity index (χ3v) is 5.47. The summed E-state index contributed by atoms with van der Waals surface area (Å²) < 4.78 is 2.49. The standard InChI is InChI=1S/C17H16BrN3O3S/c18-14-6-5-11(25-14)7-9-19-15(22)8-10-21-13-4-2-1-3-12(13)16(23)20-17(21)24/h1-6H,7-10H2,(H,19,22)(H,20,23,24). The lowest BCUT2D eigenvalue weighted by molar-refractivity contribution is -0.121. The van der Waals surface area contributed by atoms with E-state index in [9.17, 15) is 14.4 Å². The predicted molar refractivity (Wildman–Crippen MR) is 102 cm³/mol. The van der Waals surface area contributed by atoms with Gasteiger partial charge in [-0.25, -0.2) is 4.79 Å². The van der Waals surface area contributed by atoms with E-state index in [-0.39, 0.29) is 18.9 Å². The summed E-state index contributed by atoms with van der Waals surface area (Å²) in [6.07, 6.45) is 0.938. The Morgan fingerprint density at radius 1 is 1.20 bits per heavy atom. The third-order valence-electron chi connectivity index (χ3n) is 3.79. The van der Waals surface area contributed by atoms with Crippen LogP contribution in [-0.2, 0) is 17.8 Å². The summed E-state index contributed by atoms with van der Waals surface area (Å²) in [6.45, 7) is 0.763. The first kappa shape index (κ1) is 17.6. The minimum atomic E-state index is -0.500. The van der Waals surface area contributed by atoms with Crippen LogP contribution in [0.15, 0.2) is 49.8 Å². The van der Waals surface area contributed by atoms with Crippen molar-refractivity contribution in [2.75, 3.05) is 6.54 Å². The zero-order valence-electron chi connectivity index (χ0n) is 13.3. The van der Waals surface area contributed by atoms with Crippen molar-refractivity contribution in [3.05, 3.63) is 65.9 Å². The maximum Gasteiger partial charge on any atom is 0.328 e. The second kappa shape index (κ2) is 7.79. The van der Waals surface area contributed by atoms with Gasteiger partial charge in [-0.2, -0.15) is 0 Å². The highest BCUT2D eigenvalue weighted by atomic mass is 79.9. The fraction of sp³-hybridized carbons (Fsp3) is 0.235. The minimum Gasteiger partial charge on any atom is -0.356 e. The number of aromatic amines is 1. The smallest absolute Gasteiger partial charge is 0.328 e. The molecule has 8 heteroatoms. The van der Waals surface area contributed by atoms with E-state index in [1.807, 2.05) is 12.1 Å². The summed E-state index contributed by atoms with van der Waals surface area (Å²) >= 11 is 5.05.